The first-order valence-corrected chi connectivity index (χ1v) is 22.4. The molecule has 0 unspecified atom stereocenters. The summed E-state index contributed by atoms with van der Waals surface area (Å²) in [5.74, 6) is -1.97. The number of hydrogen-bond acceptors (Lipinski definition) is 8. The van der Waals surface area contributed by atoms with Gasteiger partial charge in [0.1, 0.15) is 30.2 Å². The van der Waals surface area contributed by atoms with Gasteiger partial charge in [-0.05, 0) is 103 Å². The fraction of sp³-hybridized carbons (Fsp3) is 0.444. The summed E-state index contributed by atoms with van der Waals surface area (Å²) in [4.78, 5) is 16.0. The largest absolute Gasteiger partial charge is 0.407 e. The highest BCUT2D eigenvalue weighted by molar-refractivity contribution is 6.74. The molecule has 3 heterocycles. The molecule has 9 atom stereocenters. The molecule has 0 aromatic heterocycles. The Morgan fingerprint density at radius 1 is 0.893 bits per heavy atom. The van der Waals surface area contributed by atoms with Gasteiger partial charge in [0.25, 0.3) is 0 Å². The van der Waals surface area contributed by atoms with E-state index < -0.39 is 69.0 Å². The molecule has 3 saturated heterocycles. The number of aliphatic hydroxyl groups excluding tert-OH is 3. The molecule has 56 heavy (non-hydrogen) atoms. The lowest BCUT2D eigenvalue weighted by Crippen LogP contribution is -2.56. The zero-order valence-corrected chi connectivity index (χ0v) is 34.1. The lowest BCUT2D eigenvalue weighted by atomic mass is 9.75. The number of β-lactam (4-membered cyclic amide) rings is 1. The number of rotatable bonds is 12. The summed E-state index contributed by atoms with van der Waals surface area (Å²) in [5, 5.41) is 35.2. The molecule has 9 nitrogen and oxygen atoms in total. The highest BCUT2D eigenvalue weighted by Crippen LogP contribution is 2.51. The minimum atomic E-state index is -2.67. The standard InChI is InChI=1S/C45H54FNO8Si/c1-44(2,3)56(6,7)55-39(37(49)40-38(50)41-43(52-40)54-45(4,5)53-41)34-26-29(27-14-10-8-11-15-27)20-23-32(34)36-33(42(51)47(36)31-16-12-9-13-17-31)24-25-35(48)28-18-21-30(46)22-19-28/h8-23,26,33,35-41,43,48-50H,24-25H2,1-7H3/t33-,35+,36-,37-,38+,39+,40-,41-,43-/m1/s1. The molecule has 3 aliphatic heterocycles. The third kappa shape index (κ3) is 7.88. The van der Waals surface area contributed by atoms with E-state index in [-0.39, 0.29) is 23.2 Å². The fourth-order valence-corrected chi connectivity index (χ4v) is 9.19. The van der Waals surface area contributed by atoms with Gasteiger partial charge in [0.05, 0.1) is 24.2 Å². The van der Waals surface area contributed by atoms with Gasteiger partial charge in [-0.15, -0.1) is 0 Å². The Bertz CT molecular complexity index is 1990. The van der Waals surface area contributed by atoms with Crippen LogP contribution in [0, 0.1) is 11.7 Å². The normalized spacial score (nSPS) is 26.4. The predicted octanol–water partition coefficient (Wildman–Crippen LogP) is 8.37. The van der Waals surface area contributed by atoms with Crippen molar-refractivity contribution in [2.75, 3.05) is 4.90 Å². The third-order valence-electron chi connectivity index (χ3n) is 12.0. The molecular formula is C45H54FNO8Si. The summed E-state index contributed by atoms with van der Waals surface area (Å²) in [7, 11) is -2.67. The van der Waals surface area contributed by atoms with Crippen LogP contribution in [0.4, 0.5) is 10.1 Å². The Labute approximate surface area is 330 Å². The molecule has 298 valence electrons. The van der Waals surface area contributed by atoms with Gasteiger partial charge in [-0.3, -0.25) is 4.79 Å². The van der Waals surface area contributed by atoms with E-state index >= 15 is 0 Å². The molecule has 3 aliphatic rings. The van der Waals surface area contributed by atoms with Gasteiger partial charge >= 0.3 is 0 Å². The molecule has 4 aromatic rings. The van der Waals surface area contributed by atoms with Gasteiger partial charge in [0.15, 0.2) is 20.4 Å². The van der Waals surface area contributed by atoms with Gasteiger partial charge < -0.3 is 38.9 Å². The number of hydrogen-bond donors (Lipinski definition) is 3. The highest BCUT2D eigenvalue weighted by Gasteiger charge is 2.58. The number of carbonyl (C=O) groups is 1. The number of ether oxygens (including phenoxy) is 3. The Hall–Kier alpha value is -3.78. The first-order valence-electron chi connectivity index (χ1n) is 19.5. The molecule has 7 rings (SSSR count). The van der Waals surface area contributed by atoms with E-state index in [0.29, 0.717) is 17.5 Å². The van der Waals surface area contributed by atoms with Crippen LogP contribution < -0.4 is 4.90 Å². The Morgan fingerprint density at radius 3 is 2.16 bits per heavy atom. The van der Waals surface area contributed by atoms with Crippen LogP contribution in [0.3, 0.4) is 0 Å². The molecule has 0 saturated carbocycles. The second-order valence-corrected chi connectivity index (χ2v) is 22.1. The minimum absolute atomic E-state index is 0.0905. The number of halogens is 1. The van der Waals surface area contributed by atoms with Crippen LogP contribution in [0.25, 0.3) is 11.1 Å². The maximum Gasteiger partial charge on any atom is 0.233 e. The Balaban J connectivity index is 1.34. The van der Waals surface area contributed by atoms with Crippen molar-refractivity contribution >= 4 is 19.9 Å². The summed E-state index contributed by atoms with van der Waals surface area (Å²) < 4.78 is 39.2. The lowest BCUT2D eigenvalue weighted by molar-refractivity contribution is -0.231. The summed E-state index contributed by atoms with van der Waals surface area (Å²) in [6.45, 7) is 14.1. The van der Waals surface area contributed by atoms with Crippen LogP contribution in [0.15, 0.2) is 103 Å². The summed E-state index contributed by atoms with van der Waals surface area (Å²) in [5.41, 5.74) is 4.58. The quantitative estimate of drug-likeness (QED) is 0.0970. The van der Waals surface area contributed by atoms with Crippen LogP contribution >= 0.6 is 0 Å². The lowest BCUT2D eigenvalue weighted by Gasteiger charge is -2.49. The first kappa shape index (κ1) is 40.4. The van der Waals surface area contributed by atoms with Gasteiger partial charge in [-0.2, -0.15) is 0 Å². The van der Waals surface area contributed by atoms with Crippen LogP contribution in [-0.2, 0) is 23.4 Å². The number of aliphatic hydroxyl groups is 3. The van der Waals surface area contributed by atoms with Crippen molar-refractivity contribution in [3.63, 3.8) is 0 Å². The molecule has 0 aliphatic carbocycles. The Kier molecular flexibility index (Phi) is 11.2. The van der Waals surface area contributed by atoms with E-state index in [4.69, 9.17) is 18.6 Å². The minimum Gasteiger partial charge on any atom is -0.407 e. The molecule has 0 spiro atoms. The van der Waals surface area contributed by atoms with Gasteiger partial charge in [0, 0.05) is 5.69 Å². The van der Waals surface area contributed by atoms with E-state index in [1.54, 1.807) is 30.9 Å². The topological polar surface area (TPSA) is 118 Å². The van der Waals surface area contributed by atoms with Crippen molar-refractivity contribution in [3.05, 3.63) is 126 Å². The number of fused-ring (bicyclic) bond motifs is 1. The number of anilines is 1. The molecule has 3 N–H and O–H groups in total. The van der Waals surface area contributed by atoms with Gasteiger partial charge in [0.2, 0.25) is 5.91 Å². The third-order valence-corrected chi connectivity index (χ3v) is 16.5. The van der Waals surface area contributed by atoms with Crippen LogP contribution in [0.2, 0.25) is 18.1 Å². The summed E-state index contributed by atoms with van der Waals surface area (Å²) >= 11 is 0. The fourth-order valence-electron chi connectivity index (χ4n) is 7.93. The first-order chi connectivity index (χ1) is 26.5. The van der Waals surface area contributed by atoms with Gasteiger partial charge in [-0.1, -0.05) is 93.6 Å². The van der Waals surface area contributed by atoms with Crippen LogP contribution in [-0.4, -0.2) is 66.0 Å². The van der Waals surface area contributed by atoms with E-state index in [2.05, 4.69) is 33.9 Å². The van der Waals surface area contributed by atoms with Crippen LogP contribution in [0.1, 0.15) is 82.4 Å². The van der Waals surface area contributed by atoms with E-state index in [1.807, 2.05) is 78.9 Å². The van der Waals surface area contributed by atoms with Crippen molar-refractivity contribution < 1.29 is 43.1 Å². The molecule has 3 fully saturated rings. The number of carbonyl (C=O) groups excluding carboxylic acids is 1. The summed E-state index contributed by atoms with van der Waals surface area (Å²) in [6, 6.07) is 30.7. The number of amides is 1. The van der Waals surface area contributed by atoms with Crippen molar-refractivity contribution in [3.8, 4) is 11.1 Å². The number of nitrogens with zero attached hydrogens (tertiary/aromatic N) is 1. The molecule has 1 amide bonds. The average Bonchev–Trinajstić information content (AvgIpc) is 3.63. The van der Waals surface area contributed by atoms with E-state index in [9.17, 15) is 24.5 Å². The van der Waals surface area contributed by atoms with Crippen molar-refractivity contribution in [1.29, 1.82) is 0 Å². The second kappa shape index (κ2) is 15.5. The molecule has 4 aromatic carbocycles. The average molecular weight is 784 g/mol. The van der Waals surface area contributed by atoms with E-state index in [1.165, 1.54) is 12.1 Å². The van der Waals surface area contributed by atoms with Crippen LogP contribution in [0.5, 0.6) is 0 Å². The molecule has 0 radical (unpaired) electrons. The highest BCUT2D eigenvalue weighted by atomic mass is 28.4. The molecule has 11 heteroatoms. The molecular weight excluding hydrogens is 730 g/mol. The monoisotopic (exact) mass is 783 g/mol. The maximum atomic E-state index is 14.3. The van der Waals surface area contributed by atoms with E-state index in [0.717, 1.165) is 22.4 Å². The van der Waals surface area contributed by atoms with Crippen molar-refractivity contribution in [2.45, 2.75) is 120 Å². The van der Waals surface area contributed by atoms with Gasteiger partial charge in [-0.25, -0.2) is 4.39 Å². The zero-order valence-electron chi connectivity index (χ0n) is 33.1. The number of benzene rings is 4. The number of para-hydroxylation sites is 1. The second-order valence-electron chi connectivity index (χ2n) is 17.3. The summed E-state index contributed by atoms with van der Waals surface area (Å²) in [6.07, 6.45) is -6.66. The Morgan fingerprint density at radius 2 is 1.54 bits per heavy atom. The van der Waals surface area contributed by atoms with Crippen molar-refractivity contribution in [2.24, 2.45) is 5.92 Å². The molecule has 0 bridgehead atoms. The van der Waals surface area contributed by atoms with Crippen molar-refractivity contribution in [1.82, 2.24) is 0 Å². The smallest absolute Gasteiger partial charge is 0.233 e. The maximum absolute atomic E-state index is 14.3. The SMILES string of the molecule is CC1(C)O[C@H]2O[C@H]([C@H](O)[C@@H](O[Si](C)(C)C(C)(C)C)c3cc(-c4ccccc4)ccc3[C@@H]3[C@@H](CC[C@H](O)c4ccc(F)cc4)C(=O)N3c3ccccc3)[C@H](O)[C@H]2O1. The zero-order chi connectivity index (χ0) is 40.2. The predicted molar refractivity (Wildman–Crippen MR) is 214 cm³/mol.